The Bertz CT molecular complexity index is 622. The van der Waals surface area contributed by atoms with Crippen molar-refractivity contribution in [2.24, 2.45) is 0 Å². The van der Waals surface area contributed by atoms with E-state index in [0.717, 1.165) is 10.5 Å². The van der Waals surface area contributed by atoms with Crippen LogP contribution in [0.2, 0.25) is 0 Å². The molecule has 2 aromatic carbocycles. The van der Waals surface area contributed by atoms with Crippen LogP contribution in [0.5, 0.6) is 0 Å². The smallest absolute Gasteiger partial charge is 0.136 e. The van der Waals surface area contributed by atoms with Gasteiger partial charge in [-0.1, -0.05) is 60.3 Å². The third kappa shape index (κ3) is 4.18. The minimum absolute atomic E-state index is 0.360. The standard InChI is InChI=1S/C19H22O4S/c1-13-16(20)17(21)18(22-12-14-8-4-2-5-9-14)19(23-13)24-15-10-6-3-7-11-15/h2-11,13,16-21H,12H2,1H3/t13?,16-,17-,18?,19-/m0/s1. The van der Waals surface area contributed by atoms with Gasteiger partial charge < -0.3 is 19.7 Å². The molecule has 0 radical (unpaired) electrons. The lowest BCUT2D eigenvalue weighted by Crippen LogP contribution is -2.56. The first-order valence-corrected chi connectivity index (χ1v) is 8.92. The first-order chi connectivity index (χ1) is 11.6. The van der Waals surface area contributed by atoms with Crippen molar-refractivity contribution in [1.29, 1.82) is 0 Å². The molecule has 1 aliphatic heterocycles. The van der Waals surface area contributed by atoms with Crippen LogP contribution in [0.3, 0.4) is 0 Å². The van der Waals surface area contributed by atoms with Crippen LogP contribution in [0, 0.1) is 0 Å². The number of benzene rings is 2. The van der Waals surface area contributed by atoms with Gasteiger partial charge in [0.25, 0.3) is 0 Å². The molecule has 5 atom stereocenters. The van der Waals surface area contributed by atoms with Gasteiger partial charge in [-0.3, -0.25) is 0 Å². The molecule has 5 heteroatoms. The molecule has 1 saturated heterocycles. The fourth-order valence-corrected chi connectivity index (χ4v) is 3.86. The molecular weight excluding hydrogens is 324 g/mol. The molecule has 2 unspecified atom stereocenters. The molecular formula is C19H22O4S. The second-order valence-electron chi connectivity index (χ2n) is 5.88. The number of thioether (sulfide) groups is 1. The van der Waals surface area contributed by atoms with Crippen LogP contribution in [0.1, 0.15) is 12.5 Å². The van der Waals surface area contributed by atoms with E-state index in [2.05, 4.69) is 0 Å². The summed E-state index contributed by atoms with van der Waals surface area (Å²) in [5.74, 6) is 0. The van der Waals surface area contributed by atoms with Crippen molar-refractivity contribution in [3.63, 3.8) is 0 Å². The van der Waals surface area contributed by atoms with E-state index in [4.69, 9.17) is 9.47 Å². The number of aliphatic hydroxyl groups is 2. The molecule has 0 aromatic heterocycles. The number of hydrogen-bond donors (Lipinski definition) is 2. The maximum absolute atomic E-state index is 10.5. The Morgan fingerprint density at radius 2 is 1.58 bits per heavy atom. The van der Waals surface area contributed by atoms with Crippen molar-refractivity contribution >= 4 is 11.8 Å². The van der Waals surface area contributed by atoms with Gasteiger partial charge in [0.2, 0.25) is 0 Å². The van der Waals surface area contributed by atoms with Gasteiger partial charge in [0.1, 0.15) is 23.7 Å². The van der Waals surface area contributed by atoms with Gasteiger partial charge in [-0.05, 0) is 24.6 Å². The van der Waals surface area contributed by atoms with Crippen molar-refractivity contribution in [2.45, 2.75) is 48.3 Å². The predicted octanol–water partition coefficient (Wildman–Crippen LogP) is 2.83. The average molecular weight is 346 g/mol. The van der Waals surface area contributed by atoms with E-state index in [1.54, 1.807) is 6.92 Å². The van der Waals surface area contributed by atoms with E-state index in [1.807, 2.05) is 60.7 Å². The minimum atomic E-state index is -0.987. The summed E-state index contributed by atoms with van der Waals surface area (Å²) in [5.41, 5.74) is 0.630. The van der Waals surface area contributed by atoms with E-state index in [-0.39, 0.29) is 5.44 Å². The first kappa shape index (κ1) is 17.5. The molecule has 1 heterocycles. The lowest BCUT2D eigenvalue weighted by molar-refractivity contribution is -0.210. The van der Waals surface area contributed by atoms with Crippen LogP contribution < -0.4 is 0 Å². The van der Waals surface area contributed by atoms with Gasteiger partial charge >= 0.3 is 0 Å². The highest BCUT2D eigenvalue weighted by Gasteiger charge is 2.43. The van der Waals surface area contributed by atoms with Crippen LogP contribution >= 0.6 is 11.8 Å². The van der Waals surface area contributed by atoms with Crippen LogP contribution in [-0.4, -0.2) is 40.1 Å². The molecule has 1 fully saturated rings. The summed E-state index contributed by atoms with van der Waals surface area (Å²) < 4.78 is 11.8. The molecule has 128 valence electrons. The van der Waals surface area contributed by atoms with Crippen LogP contribution in [0.4, 0.5) is 0 Å². The van der Waals surface area contributed by atoms with Gasteiger partial charge in [-0.25, -0.2) is 0 Å². The zero-order valence-corrected chi connectivity index (χ0v) is 14.3. The average Bonchev–Trinajstić information content (AvgIpc) is 2.61. The maximum atomic E-state index is 10.5. The Morgan fingerprint density at radius 1 is 0.958 bits per heavy atom. The summed E-state index contributed by atoms with van der Waals surface area (Å²) in [6.07, 6.45) is -3.00. The molecule has 24 heavy (non-hydrogen) atoms. The summed E-state index contributed by atoms with van der Waals surface area (Å²) >= 11 is 1.50. The lowest BCUT2D eigenvalue weighted by Gasteiger charge is -2.41. The number of ether oxygens (including phenoxy) is 2. The topological polar surface area (TPSA) is 58.9 Å². The van der Waals surface area contributed by atoms with Gasteiger partial charge in [0.05, 0.1) is 12.7 Å². The van der Waals surface area contributed by atoms with E-state index in [0.29, 0.717) is 6.61 Å². The van der Waals surface area contributed by atoms with Gasteiger partial charge in [0, 0.05) is 4.90 Å². The predicted molar refractivity (Wildman–Crippen MR) is 93.7 cm³/mol. The SMILES string of the molecule is CC1O[C@@H](Sc2ccccc2)C(OCc2ccccc2)[C@@H](O)[C@H]1O. The summed E-state index contributed by atoms with van der Waals surface area (Å²) in [4.78, 5) is 1.03. The van der Waals surface area contributed by atoms with Gasteiger partial charge in [-0.15, -0.1) is 0 Å². The van der Waals surface area contributed by atoms with Gasteiger partial charge in [0.15, 0.2) is 0 Å². The highest BCUT2D eigenvalue weighted by atomic mass is 32.2. The van der Waals surface area contributed by atoms with Crippen molar-refractivity contribution < 1.29 is 19.7 Å². The third-order valence-electron chi connectivity index (χ3n) is 4.07. The van der Waals surface area contributed by atoms with Crippen LogP contribution in [-0.2, 0) is 16.1 Å². The zero-order valence-electron chi connectivity index (χ0n) is 13.5. The summed E-state index contributed by atoms with van der Waals surface area (Å²) in [6, 6.07) is 19.6. The summed E-state index contributed by atoms with van der Waals surface area (Å²) in [7, 11) is 0. The number of hydrogen-bond acceptors (Lipinski definition) is 5. The third-order valence-corrected chi connectivity index (χ3v) is 5.22. The highest BCUT2D eigenvalue weighted by Crippen LogP contribution is 2.35. The monoisotopic (exact) mass is 346 g/mol. The molecule has 2 aromatic rings. The van der Waals surface area contributed by atoms with Crippen molar-refractivity contribution in [3.05, 3.63) is 66.2 Å². The second-order valence-corrected chi connectivity index (χ2v) is 7.05. The Balaban J connectivity index is 1.72. The molecule has 4 nitrogen and oxygen atoms in total. The fraction of sp³-hybridized carbons (Fsp3) is 0.368. The van der Waals surface area contributed by atoms with Crippen LogP contribution in [0.15, 0.2) is 65.6 Å². The van der Waals surface area contributed by atoms with E-state index in [9.17, 15) is 10.2 Å². The molecule has 0 aliphatic carbocycles. The molecule has 1 aliphatic rings. The van der Waals surface area contributed by atoms with Crippen LogP contribution in [0.25, 0.3) is 0 Å². The Kier molecular flexibility index (Phi) is 5.92. The molecule has 0 saturated carbocycles. The molecule has 0 amide bonds. The van der Waals surface area contributed by atoms with Crippen molar-refractivity contribution in [1.82, 2.24) is 0 Å². The number of rotatable bonds is 5. The summed E-state index contributed by atoms with van der Waals surface area (Å²) in [6.45, 7) is 2.12. The lowest BCUT2D eigenvalue weighted by atomic mass is 10.0. The fourth-order valence-electron chi connectivity index (χ4n) is 2.67. The molecule has 2 N–H and O–H groups in total. The van der Waals surface area contributed by atoms with E-state index in [1.165, 1.54) is 11.8 Å². The van der Waals surface area contributed by atoms with Gasteiger partial charge in [-0.2, -0.15) is 0 Å². The Labute approximate surface area is 146 Å². The minimum Gasteiger partial charge on any atom is -0.388 e. The molecule has 3 rings (SSSR count). The Hall–Kier alpha value is -1.37. The Morgan fingerprint density at radius 3 is 2.25 bits per heavy atom. The second kappa shape index (κ2) is 8.14. The van der Waals surface area contributed by atoms with E-state index < -0.39 is 24.4 Å². The zero-order chi connectivity index (χ0) is 16.9. The van der Waals surface area contributed by atoms with Crippen molar-refractivity contribution in [2.75, 3.05) is 0 Å². The van der Waals surface area contributed by atoms with E-state index >= 15 is 0 Å². The number of aliphatic hydroxyl groups excluding tert-OH is 2. The normalized spacial score (nSPS) is 30.2. The molecule has 0 bridgehead atoms. The first-order valence-electron chi connectivity index (χ1n) is 8.04. The largest absolute Gasteiger partial charge is 0.388 e. The summed E-state index contributed by atoms with van der Waals surface area (Å²) in [5, 5.41) is 20.6. The molecule has 0 spiro atoms. The van der Waals surface area contributed by atoms with Crippen molar-refractivity contribution in [3.8, 4) is 0 Å². The quantitative estimate of drug-likeness (QED) is 0.872. The highest BCUT2D eigenvalue weighted by molar-refractivity contribution is 7.99. The maximum Gasteiger partial charge on any atom is 0.136 e.